The number of hydrogen-bond acceptors (Lipinski definition) is 0. The van der Waals surface area contributed by atoms with Crippen LogP contribution in [-0.2, 0) is 0 Å². The first-order chi connectivity index (χ1) is 4.00. The molecular formula is C8H18Sn. The standard InChI is InChI=1S/C3H7.C3H5.2CH3.Sn/c2*1-3-2;;;/h3H,1-2H3;3H,1-2H2;2*1H3;. The normalized spacial score (nSPS) is 12.1. The molecule has 0 aromatic heterocycles. The molecule has 0 saturated heterocycles. The third kappa shape index (κ3) is 3.29. The van der Waals surface area contributed by atoms with E-state index < -0.39 is 18.4 Å². The van der Waals surface area contributed by atoms with Crippen molar-refractivity contribution in [3.8, 4) is 0 Å². The van der Waals surface area contributed by atoms with Gasteiger partial charge in [-0.15, -0.1) is 0 Å². The van der Waals surface area contributed by atoms with Gasteiger partial charge in [-0.25, -0.2) is 0 Å². The predicted octanol–water partition coefficient (Wildman–Crippen LogP) is 3.29. The summed E-state index contributed by atoms with van der Waals surface area (Å²) in [7, 11) is 0. The Labute approximate surface area is 63.2 Å². The van der Waals surface area contributed by atoms with Crippen molar-refractivity contribution in [2.45, 2.75) is 32.1 Å². The van der Waals surface area contributed by atoms with Crippen LogP contribution in [0.5, 0.6) is 0 Å². The molecule has 0 aromatic rings. The van der Waals surface area contributed by atoms with Gasteiger partial charge in [0.15, 0.2) is 0 Å². The summed E-state index contributed by atoms with van der Waals surface area (Å²) < 4.78 is 2.28. The van der Waals surface area contributed by atoms with Gasteiger partial charge in [-0.2, -0.15) is 0 Å². The molecule has 0 atom stereocenters. The van der Waals surface area contributed by atoms with Crippen LogP contribution in [0.3, 0.4) is 0 Å². The second-order valence-corrected chi connectivity index (χ2v) is 19.4. The van der Waals surface area contributed by atoms with Crippen molar-refractivity contribution < 1.29 is 0 Å². The van der Waals surface area contributed by atoms with Crippen LogP contribution in [0.1, 0.15) is 13.8 Å². The molecular weight excluding hydrogens is 215 g/mol. The first kappa shape index (κ1) is 9.54. The Balaban J connectivity index is 3.84. The van der Waals surface area contributed by atoms with Crippen LogP contribution < -0.4 is 0 Å². The number of allylic oxidation sites excluding steroid dienone is 1. The molecule has 0 fully saturated rings. The Morgan fingerprint density at radius 2 is 1.89 bits per heavy atom. The minimum absolute atomic E-state index is 0.956. The summed E-state index contributed by atoms with van der Waals surface area (Å²) in [5.41, 5.74) is 0. The molecule has 0 aliphatic rings. The van der Waals surface area contributed by atoms with Gasteiger partial charge in [-0.3, -0.25) is 0 Å². The second kappa shape index (κ2) is 3.64. The van der Waals surface area contributed by atoms with E-state index in [1.165, 1.54) is 4.44 Å². The van der Waals surface area contributed by atoms with Crippen molar-refractivity contribution in [3.05, 3.63) is 12.7 Å². The molecule has 0 amide bonds. The van der Waals surface area contributed by atoms with E-state index in [-0.39, 0.29) is 0 Å². The summed E-state index contributed by atoms with van der Waals surface area (Å²) in [6.07, 6.45) is 2.09. The number of rotatable bonds is 3. The molecule has 0 N–H and O–H groups in total. The summed E-state index contributed by atoms with van der Waals surface area (Å²) in [5.74, 6) is 0. The zero-order valence-electron chi connectivity index (χ0n) is 7.07. The fourth-order valence-electron chi connectivity index (χ4n) is 0.608. The summed E-state index contributed by atoms with van der Waals surface area (Å²) in [4.78, 5) is 4.97. The minimum atomic E-state index is -1.58. The molecule has 1 heteroatoms. The van der Waals surface area contributed by atoms with E-state index in [1.807, 2.05) is 0 Å². The van der Waals surface area contributed by atoms with Crippen molar-refractivity contribution in [2.24, 2.45) is 0 Å². The van der Waals surface area contributed by atoms with Gasteiger partial charge < -0.3 is 0 Å². The topological polar surface area (TPSA) is 0 Å². The number of hydrogen-bond donors (Lipinski definition) is 0. The van der Waals surface area contributed by atoms with E-state index in [2.05, 4.69) is 36.4 Å². The van der Waals surface area contributed by atoms with Crippen molar-refractivity contribution in [1.29, 1.82) is 0 Å². The zero-order chi connectivity index (χ0) is 7.49. The molecule has 0 unspecified atom stereocenters. The Morgan fingerprint density at radius 3 is 2.00 bits per heavy atom. The first-order valence-electron chi connectivity index (χ1n) is 3.61. The van der Waals surface area contributed by atoms with Crippen LogP contribution in [0.2, 0.25) is 18.2 Å². The maximum absolute atomic E-state index is 3.78. The van der Waals surface area contributed by atoms with Crippen molar-refractivity contribution >= 4 is 18.4 Å². The summed E-state index contributed by atoms with van der Waals surface area (Å²) in [5, 5.41) is 0. The van der Waals surface area contributed by atoms with Gasteiger partial charge >= 0.3 is 63.1 Å². The van der Waals surface area contributed by atoms with Gasteiger partial charge in [0.1, 0.15) is 0 Å². The predicted molar refractivity (Wildman–Crippen MR) is 47.6 cm³/mol. The van der Waals surface area contributed by atoms with Crippen LogP contribution in [0.25, 0.3) is 0 Å². The third-order valence-corrected chi connectivity index (χ3v) is 15.0. The van der Waals surface area contributed by atoms with E-state index in [9.17, 15) is 0 Å². The fraction of sp³-hybridized carbons (Fsp3) is 0.750. The molecule has 0 rings (SSSR count). The quantitative estimate of drug-likeness (QED) is 0.518. The fourth-order valence-corrected chi connectivity index (χ4v) is 4.08. The van der Waals surface area contributed by atoms with Crippen molar-refractivity contribution in [1.82, 2.24) is 0 Å². The van der Waals surface area contributed by atoms with Crippen LogP contribution >= 0.6 is 0 Å². The Morgan fingerprint density at radius 1 is 1.44 bits per heavy atom. The van der Waals surface area contributed by atoms with E-state index in [4.69, 9.17) is 0 Å². The van der Waals surface area contributed by atoms with Gasteiger partial charge in [-0.1, -0.05) is 0 Å². The Hall–Kier alpha value is 0.539. The average molecular weight is 233 g/mol. The third-order valence-electron chi connectivity index (χ3n) is 2.23. The molecule has 0 saturated carbocycles. The monoisotopic (exact) mass is 234 g/mol. The molecule has 54 valence electrons. The molecule has 0 bridgehead atoms. The van der Waals surface area contributed by atoms with Gasteiger partial charge in [0.25, 0.3) is 0 Å². The Kier molecular flexibility index (Phi) is 3.86. The van der Waals surface area contributed by atoms with Crippen LogP contribution in [0.15, 0.2) is 12.7 Å². The zero-order valence-corrected chi connectivity index (χ0v) is 9.92. The molecule has 0 aliphatic heterocycles. The van der Waals surface area contributed by atoms with Crippen LogP contribution in [-0.4, -0.2) is 18.4 Å². The average Bonchev–Trinajstić information content (AvgIpc) is 1.65. The molecule has 0 heterocycles. The Bertz CT molecular complexity index is 92.7. The van der Waals surface area contributed by atoms with Gasteiger partial charge in [0.05, 0.1) is 0 Å². The molecule has 0 nitrogen and oxygen atoms in total. The van der Waals surface area contributed by atoms with E-state index in [1.54, 1.807) is 0 Å². The molecule has 0 aliphatic carbocycles. The van der Waals surface area contributed by atoms with Crippen molar-refractivity contribution in [3.63, 3.8) is 0 Å². The van der Waals surface area contributed by atoms with E-state index in [0.717, 1.165) is 3.93 Å². The van der Waals surface area contributed by atoms with E-state index >= 15 is 0 Å². The molecule has 0 radical (unpaired) electrons. The van der Waals surface area contributed by atoms with Gasteiger partial charge in [-0.05, 0) is 0 Å². The van der Waals surface area contributed by atoms with E-state index in [0.29, 0.717) is 0 Å². The van der Waals surface area contributed by atoms with Crippen LogP contribution in [0, 0.1) is 0 Å². The summed E-state index contributed by atoms with van der Waals surface area (Å²) in [6, 6.07) is 0. The maximum atomic E-state index is 3.78. The van der Waals surface area contributed by atoms with Crippen molar-refractivity contribution in [2.75, 3.05) is 0 Å². The van der Waals surface area contributed by atoms with Crippen LogP contribution in [0.4, 0.5) is 0 Å². The molecule has 0 spiro atoms. The summed E-state index contributed by atoms with van der Waals surface area (Å²) in [6.45, 7) is 8.47. The SMILES string of the molecule is C=C[CH2][Sn]([CH3])([CH3])[CH](C)C. The second-order valence-electron chi connectivity index (χ2n) is 3.64. The summed E-state index contributed by atoms with van der Waals surface area (Å²) >= 11 is -1.58. The van der Waals surface area contributed by atoms with Gasteiger partial charge in [0, 0.05) is 0 Å². The first-order valence-corrected chi connectivity index (χ1v) is 13.0. The molecule has 0 aromatic carbocycles. The van der Waals surface area contributed by atoms with Gasteiger partial charge in [0.2, 0.25) is 0 Å². The molecule has 9 heavy (non-hydrogen) atoms.